The van der Waals surface area contributed by atoms with Gasteiger partial charge in [-0.2, -0.15) is 4.98 Å². The first kappa shape index (κ1) is 10.4. The van der Waals surface area contributed by atoms with E-state index in [4.69, 9.17) is 0 Å². The Morgan fingerprint density at radius 3 is 3.00 bits per heavy atom. The van der Waals surface area contributed by atoms with Crippen LogP contribution in [-0.2, 0) is 6.42 Å². The number of pyridine rings is 1. The Bertz CT molecular complexity index is 563. The highest BCUT2D eigenvalue weighted by atomic mass is 16.3. The van der Waals surface area contributed by atoms with Crippen molar-refractivity contribution in [1.29, 1.82) is 0 Å². The van der Waals surface area contributed by atoms with Crippen LogP contribution in [0.15, 0.2) is 29.2 Å². The monoisotopic (exact) mass is 217 g/mol. The molecule has 5 nitrogen and oxygen atoms in total. The second kappa shape index (κ2) is 4.14. The van der Waals surface area contributed by atoms with Crippen LogP contribution in [0.2, 0.25) is 0 Å². The van der Waals surface area contributed by atoms with Crippen LogP contribution in [0.1, 0.15) is 12.5 Å². The number of aromatic hydroxyl groups is 1. The Hall–Kier alpha value is -2.17. The number of hydrogen-bond donors (Lipinski definition) is 2. The number of aromatic amines is 1. The highest BCUT2D eigenvalue weighted by molar-refractivity contribution is 5.54. The summed E-state index contributed by atoms with van der Waals surface area (Å²) in [6, 6.07) is 4.76. The summed E-state index contributed by atoms with van der Waals surface area (Å²) in [5, 5.41) is 9.26. The molecule has 2 aromatic rings. The molecule has 2 heterocycles. The molecule has 0 bridgehead atoms. The zero-order chi connectivity index (χ0) is 11.5. The number of rotatable bonds is 2. The Morgan fingerprint density at radius 1 is 1.50 bits per heavy atom. The molecule has 0 aromatic carbocycles. The minimum atomic E-state index is -0.393. The zero-order valence-electron chi connectivity index (χ0n) is 8.77. The van der Waals surface area contributed by atoms with Gasteiger partial charge in [0.05, 0.1) is 6.07 Å². The smallest absolute Gasteiger partial charge is 0.255 e. The summed E-state index contributed by atoms with van der Waals surface area (Å²) in [5.74, 6) is -0.00564. The average Bonchev–Trinajstić information content (AvgIpc) is 2.27. The van der Waals surface area contributed by atoms with Crippen molar-refractivity contribution in [3.05, 3.63) is 40.3 Å². The van der Waals surface area contributed by atoms with Gasteiger partial charge in [0.1, 0.15) is 5.69 Å². The minimum Gasteiger partial charge on any atom is -0.493 e. The quantitative estimate of drug-likeness (QED) is 0.789. The van der Waals surface area contributed by atoms with Crippen LogP contribution in [0.4, 0.5) is 0 Å². The molecule has 0 unspecified atom stereocenters. The first-order valence-electron chi connectivity index (χ1n) is 4.95. The molecular weight excluding hydrogens is 206 g/mol. The molecule has 2 aromatic heterocycles. The summed E-state index contributed by atoms with van der Waals surface area (Å²) in [6.45, 7) is 1.99. The second-order valence-corrected chi connectivity index (χ2v) is 3.32. The average molecular weight is 217 g/mol. The molecule has 82 valence electrons. The molecule has 0 aliphatic carbocycles. The Morgan fingerprint density at radius 2 is 2.31 bits per heavy atom. The van der Waals surface area contributed by atoms with Gasteiger partial charge in [-0.3, -0.25) is 9.78 Å². The predicted octanol–water partition coefficient (Wildman–Crippen LogP) is 1.10. The molecule has 0 atom stereocenters. The van der Waals surface area contributed by atoms with Crippen molar-refractivity contribution >= 4 is 0 Å². The minimum absolute atomic E-state index is 0.294. The third-order valence-electron chi connectivity index (χ3n) is 2.22. The lowest BCUT2D eigenvalue weighted by atomic mass is 10.1. The lowest BCUT2D eigenvalue weighted by Gasteiger charge is -2.05. The van der Waals surface area contributed by atoms with E-state index in [2.05, 4.69) is 15.0 Å². The maximum Gasteiger partial charge on any atom is 0.255 e. The van der Waals surface area contributed by atoms with Gasteiger partial charge < -0.3 is 10.1 Å². The van der Waals surface area contributed by atoms with Crippen LogP contribution >= 0.6 is 0 Å². The van der Waals surface area contributed by atoms with Crippen molar-refractivity contribution in [2.75, 3.05) is 0 Å². The van der Waals surface area contributed by atoms with Gasteiger partial charge in [-0.15, -0.1) is 0 Å². The van der Waals surface area contributed by atoms with Gasteiger partial charge in [0.25, 0.3) is 5.56 Å². The van der Waals surface area contributed by atoms with Crippen LogP contribution in [0.25, 0.3) is 11.5 Å². The normalized spacial score (nSPS) is 10.3. The second-order valence-electron chi connectivity index (χ2n) is 3.32. The van der Waals surface area contributed by atoms with E-state index in [1.165, 1.54) is 0 Å². The van der Waals surface area contributed by atoms with Crippen molar-refractivity contribution in [2.24, 2.45) is 0 Å². The van der Waals surface area contributed by atoms with E-state index in [0.717, 1.165) is 18.1 Å². The summed E-state index contributed by atoms with van der Waals surface area (Å²) < 4.78 is 0. The van der Waals surface area contributed by atoms with Gasteiger partial charge >= 0.3 is 0 Å². The van der Waals surface area contributed by atoms with Gasteiger partial charge in [0.15, 0.2) is 5.82 Å². The first-order valence-corrected chi connectivity index (χ1v) is 4.95. The fraction of sp³-hybridized carbons (Fsp3) is 0.182. The van der Waals surface area contributed by atoms with Crippen LogP contribution in [0.5, 0.6) is 5.88 Å². The van der Waals surface area contributed by atoms with Crippen molar-refractivity contribution in [2.45, 2.75) is 13.3 Å². The van der Waals surface area contributed by atoms with E-state index in [9.17, 15) is 9.90 Å². The Balaban J connectivity index is 2.62. The zero-order valence-corrected chi connectivity index (χ0v) is 8.77. The molecule has 0 saturated heterocycles. The van der Waals surface area contributed by atoms with Crippen LogP contribution in [0.3, 0.4) is 0 Å². The fourth-order valence-corrected chi connectivity index (χ4v) is 1.49. The van der Waals surface area contributed by atoms with E-state index in [0.29, 0.717) is 11.5 Å². The van der Waals surface area contributed by atoms with E-state index in [-0.39, 0.29) is 5.88 Å². The Kier molecular flexibility index (Phi) is 2.68. The summed E-state index contributed by atoms with van der Waals surface area (Å²) in [4.78, 5) is 21.8. The number of H-pyrrole nitrogens is 1. The largest absolute Gasteiger partial charge is 0.493 e. The third-order valence-corrected chi connectivity index (χ3v) is 2.22. The van der Waals surface area contributed by atoms with Gasteiger partial charge in [-0.05, 0) is 18.1 Å². The molecule has 0 fully saturated rings. The Labute approximate surface area is 91.8 Å². The van der Waals surface area contributed by atoms with Crippen LogP contribution in [0, 0.1) is 0 Å². The van der Waals surface area contributed by atoms with E-state index < -0.39 is 5.56 Å². The van der Waals surface area contributed by atoms with Gasteiger partial charge in [0, 0.05) is 6.20 Å². The number of nitrogens with one attached hydrogen (secondary N) is 1. The summed E-state index contributed by atoms with van der Waals surface area (Å²) in [6.07, 6.45) is 2.40. The highest BCUT2D eigenvalue weighted by Crippen LogP contribution is 2.17. The number of aromatic nitrogens is 3. The molecule has 16 heavy (non-hydrogen) atoms. The molecule has 0 spiro atoms. The highest BCUT2D eigenvalue weighted by Gasteiger charge is 2.08. The maximum absolute atomic E-state index is 11.2. The van der Waals surface area contributed by atoms with Crippen molar-refractivity contribution in [3.63, 3.8) is 0 Å². The number of aryl methyl sites for hydroxylation is 1. The van der Waals surface area contributed by atoms with Gasteiger partial charge in [-0.25, -0.2) is 0 Å². The SMILES string of the molecule is CCc1cccnc1-c1nc(O)cc(=O)[nH]1. The van der Waals surface area contributed by atoms with Crippen LogP contribution in [-0.4, -0.2) is 20.1 Å². The fourth-order valence-electron chi connectivity index (χ4n) is 1.49. The van der Waals surface area contributed by atoms with Crippen molar-refractivity contribution in [3.8, 4) is 17.4 Å². The molecule has 0 radical (unpaired) electrons. The molecule has 2 rings (SSSR count). The van der Waals surface area contributed by atoms with Gasteiger partial charge in [0.2, 0.25) is 5.88 Å². The molecule has 5 heteroatoms. The molecular formula is C11H11N3O2. The van der Waals surface area contributed by atoms with Gasteiger partial charge in [-0.1, -0.05) is 13.0 Å². The van der Waals surface area contributed by atoms with Crippen molar-refractivity contribution in [1.82, 2.24) is 15.0 Å². The molecule has 0 amide bonds. The lowest BCUT2D eigenvalue weighted by molar-refractivity contribution is 0.452. The molecule has 0 aliphatic heterocycles. The van der Waals surface area contributed by atoms with Crippen molar-refractivity contribution < 1.29 is 5.11 Å². The number of nitrogens with zero attached hydrogens (tertiary/aromatic N) is 2. The summed E-state index contributed by atoms with van der Waals surface area (Å²) >= 11 is 0. The molecule has 2 N–H and O–H groups in total. The first-order chi connectivity index (χ1) is 7.70. The summed E-state index contributed by atoms with van der Waals surface area (Å²) in [7, 11) is 0. The summed E-state index contributed by atoms with van der Waals surface area (Å²) in [5.41, 5.74) is 1.17. The maximum atomic E-state index is 11.2. The predicted molar refractivity (Wildman–Crippen MR) is 59.1 cm³/mol. The standard InChI is InChI=1S/C11H11N3O2/c1-2-7-4-3-5-12-10(7)11-13-8(15)6-9(16)14-11/h3-6H,2H2,1H3,(H2,13,14,15,16). The number of hydrogen-bond acceptors (Lipinski definition) is 4. The lowest BCUT2D eigenvalue weighted by Crippen LogP contribution is -2.08. The van der Waals surface area contributed by atoms with Crippen LogP contribution < -0.4 is 5.56 Å². The van der Waals surface area contributed by atoms with E-state index in [1.807, 2.05) is 19.1 Å². The molecule has 0 saturated carbocycles. The topological polar surface area (TPSA) is 78.9 Å². The third kappa shape index (κ3) is 1.93. The molecule has 0 aliphatic rings. The van der Waals surface area contributed by atoms with E-state index >= 15 is 0 Å². The van der Waals surface area contributed by atoms with E-state index in [1.54, 1.807) is 6.20 Å².